The summed E-state index contributed by atoms with van der Waals surface area (Å²) >= 11 is 1.60. The van der Waals surface area contributed by atoms with Gasteiger partial charge in [0.25, 0.3) is 10.1 Å². The average molecular weight is 254 g/mol. The van der Waals surface area contributed by atoms with Gasteiger partial charge in [0.2, 0.25) is 0 Å². The second-order valence-corrected chi connectivity index (χ2v) is 5.59. The fourth-order valence-corrected chi connectivity index (χ4v) is 2.71. The predicted octanol–water partition coefficient (Wildman–Crippen LogP) is 2.81. The number of thioether (sulfide) groups is 1. The molecule has 0 heterocycles. The first-order chi connectivity index (χ1) is 7.52. The second-order valence-electron chi connectivity index (χ2n) is 3.32. The summed E-state index contributed by atoms with van der Waals surface area (Å²) < 4.78 is 30.9. The van der Waals surface area contributed by atoms with Gasteiger partial charge in [-0.1, -0.05) is 18.2 Å². The van der Waals surface area contributed by atoms with E-state index in [1.54, 1.807) is 17.8 Å². The summed E-state index contributed by atoms with van der Waals surface area (Å²) in [6.45, 7) is 0. The lowest BCUT2D eigenvalue weighted by Gasteiger charge is -2.04. The molecule has 0 saturated carbocycles. The van der Waals surface area contributed by atoms with Crippen molar-refractivity contribution in [2.24, 2.45) is 0 Å². The fourth-order valence-electron chi connectivity index (χ4n) is 1.57. The average Bonchev–Trinajstić information content (AvgIpc) is 2.26. The van der Waals surface area contributed by atoms with Gasteiger partial charge in [0.1, 0.15) is 0 Å². The lowest BCUT2D eigenvalue weighted by Crippen LogP contribution is -1.97. The number of rotatable bonds is 2. The molecule has 0 aromatic heterocycles. The Labute approximate surface area is 98.2 Å². The maximum Gasteiger partial charge on any atom is 0.294 e. The summed E-state index contributed by atoms with van der Waals surface area (Å²) in [6, 6.07) is 10.3. The number of hydrogen-bond donors (Lipinski definition) is 1. The molecule has 0 aliphatic carbocycles. The summed E-state index contributed by atoms with van der Waals surface area (Å²) in [5.41, 5.74) is 0. The van der Waals surface area contributed by atoms with Crippen LogP contribution in [0.1, 0.15) is 0 Å². The maximum atomic E-state index is 11.0. The number of benzene rings is 2. The summed E-state index contributed by atoms with van der Waals surface area (Å²) in [5.74, 6) is 0. The van der Waals surface area contributed by atoms with Crippen molar-refractivity contribution in [2.75, 3.05) is 6.26 Å². The third-order valence-electron chi connectivity index (χ3n) is 2.33. The molecule has 0 radical (unpaired) electrons. The van der Waals surface area contributed by atoms with Crippen LogP contribution < -0.4 is 0 Å². The zero-order chi connectivity index (χ0) is 11.8. The third-order valence-corrected chi connectivity index (χ3v) is 3.98. The monoisotopic (exact) mass is 254 g/mol. The van der Waals surface area contributed by atoms with Crippen LogP contribution >= 0.6 is 11.8 Å². The summed E-state index contributed by atoms with van der Waals surface area (Å²) in [5, 5.41) is 1.80. The van der Waals surface area contributed by atoms with Crippen molar-refractivity contribution < 1.29 is 13.0 Å². The van der Waals surface area contributed by atoms with Gasteiger partial charge < -0.3 is 0 Å². The van der Waals surface area contributed by atoms with Crippen LogP contribution in [0.3, 0.4) is 0 Å². The summed E-state index contributed by atoms with van der Waals surface area (Å²) in [6.07, 6.45) is 1.96. The van der Waals surface area contributed by atoms with Crippen LogP contribution in [0.4, 0.5) is 0 Å². The number of fused-ring (bicyclic) bond motifs is 1. The minimum Gasteiger partial charge on any atom is -0.282 e. The predicted molar refractivity (Wildman–Crippen MR) is 65.5 cm³/mol. The highest BCUT2D eigenvalue weighted by Gasteiger charge is 2.10. The SMILES string of the molecule is CSc1cccc2cc(S(=O)(=O)O)ccc12. The number of hydrogen-bond acceptors (Lipinski definition) is 3. The highest BCUT2D eigenvalue weighted by atomic mass is 32.2. The molecule has 0 saturated heterocycles. The summed E-state index contributed by atoms with van der Waals surface area (Å²) in [7, 11) is -4.12. The van der Waals surface area contributed by atoms with Crippen LogP contribution in [-0.2, 0) is 10.1 Å². The largest absolute Gasteiger partial charge is 0.294 e. The molecule has 0 atom stereocenters. The molecule has 5 heteroatoms. The van der Waals surface area contributed by atoms with E-state index in [9.17, 15) is 8.42 Å². The molecule has 0 fully saturated rings. The topological polar surface area (TPSA) is 54.4 Å². The van der Waals surface area contributed by atoms with Crippen molar-refractivity contribution in [1.82, 2.24) is 0 Å². The first-order valence-electron chi connectivity index (χ1n) is 4.56. The van der Waals surface area contributed by atoms with E-state index in [1.807, 2.05) is 24.5 Å². The summed E-state index contributed by atoms with van der Waals surface area (Å²) in [4.78, 5) is 1.01. The molecular formula is C11H10O3S2. The van der Waals surface area contributed by atoms with E-state index >= 15 is 0 Å². The van der Waals surface area contributed by atoms with Crippen LogP contribution in [-0.4, -0.2) is 19.2 Å². The standard InChI is InChI=1S/C11H10O3S2/c1-15-11-4-2-3-8-7-9(16(12,13)14)5-6-10(8)11/h2-7H,1H3,(H,12,13,14). The molecule has 0 amide bonds. The molecule has 3 nitrogen and oxygen atoms in total. The lowest BCUT2D eigenvalue weighted by molar-refractivity contribution is 0.483. The quantitative estimate of drug-likeness (QED) is 0.661. The van der Waals surface area contributed by atoms with Gasteiger partial charge >= 0.3 is 0 Å². The van der Waals surface area contributed by atoms with E-state index in [-0.39, 0.29) is 4.90 Å². The van der Waals surface area contributed by atoms with Crippen molar-refractivity contribution in [3.63, 3.8) is 0 Å². The molecular weight excluding hydrogens is 244 g/mol. The first-order valence-corrected chi connectivity index (χ1v) is 7.23. The molecule has 16 heavy (non-hydrogen) atoms. The van der Waals surface area contributed by atoms with E-state index < -0.39 is 10.1 Å². The Morgan fingerprint density at radius 3 is 2.56 bits per heavy atom. The van der Waals surface area contributed by atoms with Crippen LogP contribution in [0.5, 0.6) is 0 Å². The molecule has 0 bridgehead atoms. The third kappa shape index (κ3) is 2.07. The van der Waals surface area contributed by atoms with Crippen LogP contribution in [0.2, 0.25) is 0 Å². The molecule has 0 spiro atoms. The minimum absolute atomic E-state index is 0.0711. The van der Waals surface area contributed by atoms with Gasteiger partial charge in [-0.15, -0.1) is 11.8 Å². The van der Waals surface area contributed by atoms with Gasteiger partial charge in [-0.2, -0.15) is 8.42 Å². The van der Waals surface area contributed by atoms with Crippen molar-refractivity contribution in [3.05, 3.63) is 36.4 Å². The fraction of sp³-hybridized carbons (Fsp3) is 0.0909. The molecule has 0 aliphatic rings. The Bertz CT molecular complexity index is 633. The van der Waals surface area contributed by atoms with E-state index in [1.165, 1.54) is 12.1 Å². The highest BCUT2D eigenvalue weighted by Crippen LogP contribution is 2.27. The zero-order valence-corrected chi connectivity index (χ0v) is 10.2. The van der Waals surface area contributed by atoms with E-state index in [4.69, 9.17) is 4.55 Å². The van der Waals surface area contributed by atoms with Crippen molar-refractivity contribution >= 4 is 32.7 Å². The van der Waals surface area contributed by atoms with Crippen LogP contribution in [0, 0.1) is 0 Å². The van der Waals surface area contributed by atoms with Gasteiger partial charge in [-0.3, -0.25) is 4.55 Å². The highest BCUT2D eigenvalue weighted by molar-refractivity contribution is 7.98. The Morgan fingerprint density at radius 2 is 1.94 bits per heavy atom. The zero-order valence-electron chi connectivity index (χ0n) is 8.54. The second kappa shape index (κ2) is 4.08. The van der Waals surface area contributed by atoms with Crippen molar-refractivity contribution in [3.8, 4) is 0 Å². The van der Waals surface area contributed by atoms with Crippen LogP contribution in [0.15, 0.2) is 46.2 Å². The van der Waals surface area contributed by atoms with Crippen LogP contribution in [0.25, 0.3) is 10.8 Å². The first kappa shape index (κ1) is 11.4. The minimum atomic E-state index is -4.12. The Hall–Kier alpha value is -1.04. The van der Waals surface area contributed by atoms with Gasteiger partial charge in [-0.05, 0) is 35.2 Å². The lowest BCUT2D eigenvalue weighted by atomic mass is 10.1. The molecule has 2 aromatic carbocycles. The Morgan fingerprint density at radius 1 is 1.19 bits per heavy atom. The smallest absolute Gasteiger partial charge is 0.282 e. The van der Waals surface area contributed by atoms with E-state index in [0.717, 1.165) is 15.7 Å². The molecule has 84 valence electrons. The maximum absolute atomic E-state index is 11.0. The Kier molecular flexibility index (Phi) is 2.92. The molecule has 1 N–H and O–H groups in total. The molecule has 0 unspecified atom stereocenters. The van der Waals surface area contributed by atoms with E-state index in [0.29, 0.717) is 0 Å². The van der Waals surface area contributed by atoms with Crippen molar-refractivity contribution in [2.45, 2.75) is 9.79 Å². The molecule has 2 aromatic rings. The molecule has 0 aliphatic heterocycles. The van der Waals surface area contributed by atoms with Gasteiger partial charge in [-0.25, -0.2) is 0 Å². The molecule has 2 rings (SSSR count). The van der Waals surface area contributed by atoms with Crippen molar-refractivity contribution in [1.29, 1.82) is 0 Å². The van der Waals surface area contributed by atoms with Gasteiger partial charge in [0.15, 0.2) is 0 Å². The van der Waals surface area contributed by atoms with Gasteiger partial charge in [0, 0.05) is 4.90 Å². The van der Waals surface area contributed by atoms with Gasteiger partial charge in [0.05, 0.1) is 4.90 Å². The van der Waals surface area contributed by atoms with E-state index in [2.05, 4.69) is 0 Å². The normalized spacial score (nSPS) is 11.9. The Balaban J connectivity index is 2.74.